The second-order valence-corrected chi connectivity index (χ2v) is 4.47. The number of carbonyl (C=O) groups is 1. The Labute approximate surface area is 95.4 Å². The van der Waals surface area contributed by atoms with Crippen LogP contribution in [0.4, 0.5) is 0 Å². The van der Waals surface area contributed by atoms with Crippen LogP contribution in [0.1, 0.15) is 25.5 Å². The summed E-state index contributed by atoms with van der Waals surface area (Å²) in [5.41, 5.74) is 0.279. The second kappa shape index (κ2) is 4.00. The van der Waals surface area contributed by atoms with Crippen molar-refractivity contribution in [3.8, 4) is 0 Å². The van der Waals surface area contributed by atoms with Crippen molar-refractivity contribution >= 4 is 5.78 Å². The minimum atomic E-state index is -0.770. The second-order valence-electron chi connectivity index (χ2n) is 4.47. The molecule has 0 radical (unpaired) electrons. The molecule has 0 N–H and O–H groups in total. The summed E-state index contributed by atoms with van der Waals surface area (Å²) in [5.74, 6) is 0.00357. The summed E-state index contributed by atoms with van der Waals surface area (Å²) in [7, 11) is 1.54. The molecule has 1 fully saturated rings. The highest BCUT2D eigenvalue weighted by atomic mass is 16.6. The quantitative estimate of drug-likeness (QED) is 0.729. The molecule has 0 bridgehead atoms. The van der Waals surface area contributed by atoms with Gasteiger partial charge in [-0.25, -0.2) is 0 Å². The monoisotopic (exact) mass is 220 g/mol. The van der Waals surface area contributed by atoms with Crippen LogP contribution in [-0.4, -0.2) is 24.6 Å². The summed E-state index contributed by atoms with van der Waals surface area (Å²) >= 11 is 0. The molecule has 0 spiro atoms. The molecule has 16 heavy (non-hydrogen) atoms. The zero-order valence-corrected chi connectivity index (χ0v) is 9.77. The molecule has 1 saturated heterocycles. The van der Waals surface area contributed by atoms with Crippen molar-refractivity contribution in [3.05, 3.63) is 35.9 Å². The first-order chi connectivity index (χ1) is 7.56. The summed E-state index contributed by atoms with van der Waals surface area (Å²) in [5, 5.41) is 0. The molecule has 0 unspecified atom stereocenters. The van der Waals surface area contributed by atoms with E-state index in [4.69, 9.17) is 9.47 Å². The van der Waals surface area contributed by atoms with E-state index in [1.165, 1.54) is 7.11 Å². The third-order valence-electron chi connectivity index (χ3n) is 2.98. The predicted molar refractivity (Wildman–Crippen MR) is 60.2 cm³/mol. The SMILES string of the molecule is COC(C)(C)C(=O)[C@H]1O[C@@H]1c1ccccc1. The zero-order valence-electron chi connectivity index (χ0n) is 9.77. The zero-order chi connectivity index (χ0) is 11.8. The molecule has 2 atom stereocenters. The van der Waals surface area contributed by atoms with Gasteiger partial charge in [-0.1, -0.05) is 30.3 Å². The van der Waals surface area contributed by atoms with E-state index in [1.54, 1.807) is 13.8 Å². The molecular weight excluding hydrogens is 204 g/mol. The van der Waals surface area contributed by atoms with Gasteiger partial charge >= 0.3 is 0 Å². The Balaban J connectivity index is 2.05. The van der Waals surface area contributed by atoms with Gasteiger partial charge in [0.2, 0.25) is 0 Å². The lowest BCUT2D eigenvalue weighted by molar-refractivity contribution is -0.138. The van der Waals surface area contributed by atoms with E-state index in [0.29, 0.717) is 0 Å². The molecule has 0 amide bonds. The lowest BCUT2D eigenvalue weighted by Gasteiger charge is -2.19. The summed E-state index contributed by atoms with van der Waals surface area (Å²) < 4.78 is 10.6. The van der Waals surface area contributed by atoms with Crippen LogP contribution in [0.3, 0.4) is 0 Å². The smallest absolute Gasteiger partial charge is 0.195 e. The van der Waals surface area contributed by atoms with Crippen LogP contribution in [-0.2, 0) is 14.3 Å². The normalized spacial score (nSPS) is 24.2. The first-order valence-electron chi connectivity index (χ1n) is 5.36. The molecule has 3 nitrogen and oxygen atoms in total. The standard InChI is InChI=1S/C13H16O3/c1-13(2,15-3)12(14)11-10(16-11)9-7-5-4-6-8-9/h4-8,10-11H,1-3H3/t10-,11+/m1/s1. The van der Waals surface area contributed by atoms with Gasteiger partial charge in [0.25, 0.3) is 0 Å². The van der Waals surface area contributed by atoms with Crippen molar-refractivity contribution in [2.24, 2.45) is 0 Å². The Morgan fingerprint density at radius 1 is 1.31 bits per heavy atom. The average Bonchev–Trinajstić information content (AvgIpc) is 3.09. The minimum Gasteiger partial charge on any atom is -0.371 e. The molecule has 1 aromatic rings. The number of Topliss-reactive ketones (excluding diaryl/α,β-unsaturated/α-hetero) is 1. The number of ether oxygens (including phenoxy) is 2. The number of methoxy groups -OCH3 is 1. The Bertz CT molecular complexity index is 383. The molecule has 2 rings (SSSR count). The van der Waals surface area contributed by atoms with E-state index in [0.717, 1.165) is 5.56 Å². The number of hydrogen-bond acceptors (Lipinski definition) is 3. The van der Waals surface area contributed by atoms with Crippen LogP contribution in [0.5, 0.6) is 0 Å². The summed E-state index contributed by atoms with van der Waals surface area (Å²) in [4.78, 5) is 12.0. The topological polar surface area (TPSA) is 38.8 Å². The van der Waals surface area contributed by atoms with Crippen molar-refractivity contribution in [2.75, 3.05) is 7.11 Å². The van der Waals surface area contributed by atoms with Crippen LogP contribution in [0, 0.1) is 0 Å². The molecule has 86 valence electrons. The number of rotatable bonds is 4. The lowest BCUT2D eigenvalue weighted by Crippen LogP contribution is -2.37. The van der Waals surface area contributed by atoms with Gasteiger partial charge in [-0.3, -0.25) is 4.79 Å². The maximum Gasteiger partial charge on any atom is 0.195 e. The Morgan fingerprint density at radius 2 is 1.94 bits per heavy atom. The Hall–Kier alpha value is -1.19. The van der Waals surface area contributed by atoms with Gasteiger partial charge in [0.15, 0.2) is 5.78 Å². The first-order valence-corrected chi connectivity index (χ1v) is 5.36. The molecule has 3 heteroatoms. The van der Waals surface area contributed by atoms with Crippen molar-refractivity contribution in [1.82, 2.24) is 0 Å². The van der Waals surface area contributed by atoms with E-state index in [2.05, 4.69) is 0 Å². The van der Waals surface area contributed by atoms with Crippen molar-refractivity contribution in [1.29, 1.82) is 0 Å². The highest BCUT2D eigenvalue weighted by Crippen LogP contribution is 2.41. The van der Waals surface area contributed by atoms with Crippen LogP contribution >= 0.6 is 0 Å². The van der Waals surface area contributed by atoms with Crippen LogP contribution < -0.4 is 0 Å². The molecule has 0 aromatic heterocycles. The number of ketones is 1. The molecular formula is C13H16O3. The largest absolute Gasteiger partial charge is 0.371 e. The van der Waals surface area contributed by atoms with Gasteiger partial charge < -0.3 is 9.47 Å². The average molecular weight is 220 g/mol. The summed E-state index contributed by atoms with van der Waals surface area (Å²) in [6, 6.07) is 9.78. The lowest BCUT2D eigenvalue weighted by atomic mass is 9.97. The van der Waals surface area contributed by atoms with E-state index in [-0.39, 0.29) is 18.0 Å². The van der Waals surface area contributed by atoms with E-state index in [9.17, 15) is 4.79 Å². The van der Waals surface area contributed by atoms with Gasteiger partial charge in [-0.15, -0.1) is 0 Å². The van der Waals surface area contributed by atoms with Gasteiger partial charge in [0.1, 0.15) is 17.8 Å². The van der Waals surface area contributed by atoms with Gasteiger partial charge in [0.05, 0.1) is 0 Å². The van der Waals surface area contributed by atoms with Gasteiger partial charge in [-0.2, -0.15) is 0 Å². The molecule has 1 aliphatic heterocycles. The van der Waals surface area contributed by atoms with Crippen LogP contribution in [0.25, 0.3) is 0 Å². The predicted octanol–water partition coefficient (Wildman–Crippen LogP) is 2.12. The molecule has 0 aliphatic carbocycles. The maximum absolute atomic E-state index is 12.0. The summed E-state index contributed by atoms with van der Waals surface area (Å²) in [6.07, 6.45) is -0.444. The number of benzene rings is 1. The molecule has 1 heterocycles. The van der Waals surface area contributed by atoms with Gasteiger partial charge in [0, 0.05) is 7.11 Å². The fourth-order valence-corrected chi connectivity index (χ4v) is 1.65. The van der Waals surface area contributed by atoms with E-state index in [1.807, 2.05) is 30.3 Å². The molecule has 1 aromatic carbocycles. The highest BCUT2D eigenvalue weighted by Gasteiger charge is 2.50. The van der Waals surface area contributed by atoms with Crippen molar-refractivity contribution in [2.45, 2.75) is 31.7 Å². The number of hydrogen-bond donors (Lipinski definition) is 0. The van der Waals surface area contributed by atoms with E-state index < -0.39 is 5.60 Å². The van der Waals surface area contributed by atoms with Crippen LogP contribution in [0.2, 0.25) is 0 Å². The van der Waals surface area contributed by atoms with Crippen molar-refractivity contribution in [3.63, 3.8) is 0 Å². The molecule has 1 aliphatic rings. The third-order valence-corrected chi connectivity index (χ3v) is 2.98. The fourth-order valence-electron chi connectivity index (χ4n) is 1.65. The number of carbonyl (C=O) groups excluding carboxylic acids is 1. The number of epoxide rings is 1. The van der Waals surface area contributed by atoms with Crippen LogP contribution in [0.15, 0.2) is 30.3 Å². The Kier molecular flexibility index (Phi) is 2.82. The van der Waals surface area contributed by atoms with E-state index >= 15 is 0 Å². The third kappa shape index (κ3) is 2.01. The summed E-state index contributed by atoms with van der Waals surface area (Å²) in [6.45, 7) is 3.53. The Morgan fingerprint density at radius 3 is 2.50 bits per heavy atom. The molecule has 0 saturated carbocycles. The van der Waals surface area contributed by atoms with Crippen molar-refractivity contribution < 1.29 is 14.3 Å². The minimum absolute atomic E-state index is 0.00357. The fraction of sp³-hybridized carbons (Fsp3) is 0.462. The first kappa shape index (κ1) is 11.3. The van der Waals surface area contributed by atoms with Gasteiger partial charge in [-0.05, 0) is 19.4 Å². The maximum atomic E-state index is 12.0. The highest BCUT2D eigenvalue weighted by molar-refractivity contribution is 5.93.